The van der Waals surface area contributed by atoms with E-state index in [1.54, 1.807) is 12.4 Å². The Hall–Kier alpha value is -2.11. The van der Waals surface area contributed by atoms with Crippen molar-refractivity contribution in [1.82, 2.24) is 14.9 Å². The van der Waals surface area contributed by atoms with Crippen molar-refractivity contribution in [2.45, 2.75) is 64.1 Å². The molecule has 6 nitrogen and oxygen atoms in total. The number of carbonyl (C=O) groups is 1. The molecule has 1 aromatic heterocycles. The SMILES string of the molecule is CC(C)(C)OC(=O)N1C2C=C(c3cnc(N)nc3)CC1CCC2. The average Bonchev–Trinajstić information content (AvgIpc) is 2.44. The minimum atomic E-state index is -0.472. The maximum Gasteiger partial charge on any atom is 0.411 e. The number of nitrogen functional groups attached to an aromatic ring is 1. The van der Waals surface area contributed by atoms with E-state index in [4.69, 9.17) is 10.5 Å². The number of aromatic nitrogens is 2. The third-order valence-electron chi connectivity index (χ3n) is 4.28. The second-order valence-electron chi connectivity index (χ2n) is 7.27. The molecular weight excluding hydrogens is 292 g/mol. The summed E-state index contributed by atoms with van der Waals surface area (Å²) in [5.41, 5.74) is 7.27. The Balaban J connectivity index is 1.84. The van der Waals surface area contributed by atoms with Gasteiger partial charge in [-0.15, -0.1) is 0 Å². The lowest BCUT2D eigenvalue weighted by Crippen LogP contribution is -2.53. The van der Waals surface area contributed by atoms with Gasteiger partial charge in [-0.05, 0) is 52.0 Å². The van der Waals surface area contributed by atoms with E-state index in [0.29, 0.717) is 0 Å². The smallest absolute Gasteiger partial charge is 0.411 e. The summed E-state index contributed by atoms with van der Waals surface area (Å²) < 4.78 is 5.59. The van der Waals surface area contributed by atoms with Gasteiger partial charge in [0.2, 0.25) is 5.95 Å². The first-order valence-electron chi connectivity index (χ1n) is 8.13. The molecule has 0 aliphatic carbocycles. The maximum atomic E-state index is 12.5. The lowest BCUT2D eigenvalue weighted by atomic mass is 9.83. The molecule has 0 aromatic carbocycles. The van der Waals surface area contributed by atoms with E-state index >= 15 is 0 Å². The molecule has 1 aromatic rings. The number of ether oxygens (including phenoxy) is 1. The highest BCUT2D eigenvalue weighted by Gasteiger charge is 2.39. The third-order valence-corrected chi connectivity index (χ3v) is 4.28. The summed E-state index contributed by atoms with van der Waals surface area (Å²) in [4.78, 5) is 22.6. The standard InChI is InChI=1S/C17H24N4O2/c1-17(2,3)23-16(22)21-13-5-4-6-14(21)8-11(7-13)12-9-19-15(18)20-10-12/h7,9-10,13-14H,4-6,8H2,1-3H3,(H2,18,19,20). The zero-order chi connectivity index (χ0) is 16.6. The van der Waals surface area contributed by atoms with E-state index in [-0.39, 0.29) is 24.1 Å². The summed E-state index contributed by atoms with van der Waals surface area (Å²) in [6.45, 7) is 5.70. The maximum absolute atomic E-state index is 12.5. The zero-order valence-electron chi connectivity index (χ0n) is 14.0. The quantitative estimate of drug-likeness (QED) is 0.861. The second kappa shape index (κ2) is 5.83. The van der Waals surface area contributed by atoms with E-state index in [0.717, 1.165) is 31.2 Å². The Morgan fingerprint density at radius 3 is 2.61 bits per heavy atom. The fourth-order valence-corrected chi connectivity index (χ4v) is 3.35. The molecule has 6 heteroatoms. The minimum Gasteiger partial charge on any atom is -0.444 e. The second-order valence-corrected chi connectivity index (χ2v) is 7.27. The number of amides is 1. The van der Waals surface area contributed by atoms with Crippen molar-refractivity contribution >= 4 is 17.6 Å². The van der Waals surface area contributed by atoms with Gasteiger partial charge < -0.3 is 10.5 Å². The van der Waals surface area contributed by atoms with Gasteiger partial charge in [0.1, 0.15) is 5.60 Å². The molecule has 0 radical (unpaired) electrons. The summed E-state index contributed by atoms with van der Waals surface area (Å²) in [5, 5.41) is 0. The molecule has 1 amide bonds. The van der Waals surface area contributed by atoms with Gasteiger partial charge in [-0.1, -0.05) is 6.08 Å². The van der Waals surface area contributed by atoms with Crippen molar-refractivity contribution in [1.29, 1.82) is 0 Å². The Morgan fingerprint density at radius 2 is 2.00 bits per heavy atom. The Bertz CT molecular complexity index is 618. The third kappa shape index (κ3) is 3.46. The zero-order valence-corrected chi connectivity index (χ0v) is 14.0. The summed E-state index contributed by atoms with van der Waals surface area (Å²) >= 11 is 0. The molecule has 2 aliphatic heterocycles. The number of hydrogen-bond acceptors (Lipinski definition) is 5. The Kier molecular flexibility index (Phi) is 4.00. The van der Waals surface area contributed by atoms with Crippen molar-refractivity contribution in [2.75, 3.05) is 5.73 Å². The first-order valence-corrected chi connectivity index (χ1v) is 8.13. The summed E-state index contributed by atoms with van der Waals surface area (Å²) in [6.07, 6.45) is 9.38. The van der Waals surface area contributed by atoms with E-state index in [9.17, 15) is 4.79 Å². The first kappa shape index (κ1) is 15.8. The predicted octanol–water partition coefficient (Wildman–Crippen LogP) is 3.00. The molecule has 2 bridgehead atoms. The van der Waals surface area contributed by atoms with Gasteiger partial charge >= 0.3 is 6.09 Å². The van der Waals surface area contributed by atoms with Gasteiger partial charge in [0.15, 0.2) is 0 Å². The number of piperidine rings is 1. The largest absolute Gasteiger partial charge is 0.444 e. The van der Waals surface area contributed by atoms with Gasteiger partial charge in [0.05, 0.1) is 6.04 Å². The van der Waals surface area contributed by atoms with Crippen molar-refractivity contribution in [3.05, 3.63) is 24.0 Å². The van der Waals surface area contributed by atoms with Crippen molar-refractivity contribution in [2.24, 2.45) is 0 Å². The molecule has 2 aliphatic rings. The fraction of sp³-hybridized carbons (Fsp3) is 0.588. The molecule has 0 spiro atoms. The topological polar surface area (TPSA) is 81.3 Å². The van der Waals surface area contributed by atoms with Crippen LogP contribution in [0.4, 0.5) is 10.7 Å². The average molecular weight is 316 g/mol. The number of fused-ring (bicyclic) bond motifs is 2. The van der Waals surface area contributed by atoms with Crippen LogP contribution < -0.4 is 5.73 Å². The molecule has 2 unspecified atom stereocenters. The lowest BCUT2D eigenvalue weighted by molar-refractivity contribution is 0.0000854. The fourth-order valence-electron chi connectivity index (χ4n) is 3.35. The number of nitrogens with two attached hydrogens (primary N) is 1. The van der Waals surface area contributed by atoms with Crippen LogP contribution in [0.5, 0.6) is 0 Å². The van der Waals surface area contributed by atoms with Crippen LogP contribution >= 0.6 is 0 Å². The number of nitrogens with zero attached hydrogens (tertiary/aromatic N) is 3. The molecule has 0 saturated carbocycles. The highest BCUT2D eigenvalue weighted by atomic mass is 16.6. The molecule has 2 atom stereocenters. The van der Waals surface area contributed by atoms with Gasteiger partial charge in [-0.3, -0.25) is 4.90 Å². The minimum absolute atomic E-state index is 0.0879. The normalized spacial score (nSPS) is 24.1. The van der Waals surface area contributed by atoms with Crippen LogP contribution in [0.25, 0.3) is 5.57 Å². The molecule has 3 heterocycles. The monoisotopic (exact) mass is 316 g/mol. The first-order chi connectivity index (χ1) is 10.8. The predicted molar refractivity (Wildman–Crippen MR) is 88.5 cm³/mol. The van der Waals surface area contributed by atoms with Gasteiger partial charge in [-0.2, -0.15) is 0 Å². The summed E-state index contributed by atoms with van der Waals surface area (Å²) in [6, 6.07) is 0.269. The van der Waals surface area contributed by atoms with Crippen LogP contribution in [0.2, 0.25) is 0 Å². The number of hydrogen-bond donors (Lipinski definition) is 1. The van der Waals surface area contributed by atoms with E-state index in [1.165, 1.54) is 5.57 Å². The number of rotatable bonds is 1. The van der Waals surface area contributed by atoms with Crippen molar-refractivity contribution < 1.29 is 9.53 Å². The van der Waals surface area contributed by atoms with Gasteiger partial charge in [-0.25, -0.2) is 14.8 Å². The highest BCUT2D eigenvalue weighted by Crippen LogP contribution is 2.37. The number of anilines is 1. The molecule has 1 fully saturated rings. The van der Waals surface area contributed by atoms with E-state index in [2.05, 4.69) is 16.0 Å². The lowest BCUT2D eigenvalue weighted by Gasteiger charge is -2.45. The van der Waals surface area contributed by atoms with E-state index < -0.39 is 5.60 Å². The summed E-state index contributed by atoms with van der Waals surface area (Å²) in [5.74, 6) is 0.278. The number of carbonyl (C=O) groups excluding carboxylic acids is 1. The Labute approximate surface area is 136 Å². The molecular formula is C17H24N4O2. The highest BCUT2D eigenvalue weighted by molar-refractivity contribution is 5.74. The molecule has 23 heavy (non-hydrogen) atoms. The van der Waals surface area contributed by atoms with Crippen molar-refractivity contribution in [3.8, 4) is 0 Å². The van der Waals surface area contributed by atoms with Crippen LogP contribution in [0.15, 0.2) is 18.5 Å². The van der Waals surface area contributed by atoms with Crippen LogP contribution in [0.1, 0.15) is 52.0 Å². The van der Waals surface area contributed by atoms with Crippen LogP contribution in [-0.2, 0) is 4.74 Å². The Morgan fingerprint density at radius 1 is 1.30 bits per heavy atom. The molecule has 1 saturated heterocycles. The molecule has 2 N–H and O–H groups in total. The summed E-state index contributed by atoms with van der Waals surface area (Å²) in [7, 11) is 0. The van der Waals surface area contributed by atoms with Gasteiger partial charge in [0.25, 0.3) is 0 Å². The van der Waals surface area contributed by atoms with E-state index in [1.807, 2.05) is 25.7 Å². The van der Waals surface area contributed by atoms with Crippen molar-refractivity contribution in [3.63, 3.8) is 0 Å². The molecule has 124 valence electrons. The van der Waals surface area contributed by atoms with Gasteiger partial charge in [0, 0.05) is 24.0 Å². The van der Waals surface area contributed by atoms with Crippen LogP contribution in [0.3, 0.4) is 0 Å². The molecule has 3 rings (SSSR count). The van der Waals surface area contributed by atoms with Crippen LogP contribution in [0, 0.1) is 0 Å². The van der Waals surface area contributed by atoms with Crippen LogP contribution in [-0.4, -0.2) is 38.6 Å².